The number of amides is 1. The van der Waals surface area contributed by atoms with Gasteiger partial charge in [0.2, 0.25) is 5.91 Å². The zero-order valence-electron chi connectivity index (χ0n) is 12.1. The fraction of sp³-hybridized carbons (Fsp3) is 0.176. The largest absolute Gasteiger partial charge is 0.398 e. The van der Waals surface area contributed by atoms with E-state index in [0.717, 1.165) is 16.3 Å². The number of hydrogen-bond donors (Lipinski definition) is 1. The summed E-state index contributed by atoms with van der Waals surface area (Å²) in [5, 5.41) is 0.692. The first-order valence-electron chi connectivity index (χ1n) is 7.14. The van der Waals surface area contributed by atoms with Crippen LogP contribution in [0.25, 0.3) is 0 Å². The summed E-state index contributed by atoms with van der Waals surface area (Å²) in [5.74, 6) is 0.0988. The molecule has 0 bridgehead atoms. The van der Waals surface area contributed by atoms with Crippen molar-refractivity contribution in [2.24, 2.45) is 0 Å². The van der Waals surface area contributed by atoms with Gasteiger partial charge < -0.3 is 5.73 Å². The fourth-order valence-electron chi connectivity index (χ4n) is 2.95. The average molecular weight is 309 g/mol. The van der Waals surface area contributed by atoms with E-state index in [2.05, 4.69) is 11.1 Å². The zero-order valence-corrected chi connectivity index (χ0v) is 12.9. The Morgan fingerprint density at radius 3 is 2.77 bits per heavy atom. The van der Waals surface area contributed by atoms with Crippen LogP contribution in [-0.2, 0) is 4.79 Å². The van der Waals surface area contributed by atoms with Gasteiger partial charge in [-0.2, -0.15) is 0 Å². The van der Waals surface area contributed by atoms with Gasteiger partial charge in [-0.15, -0.1) is 0 Å². The maximum absolute atomic E-state index is 12.9. The van der Waals surface area contributed by atoms with Gasteiger partial charge in [0.15, 0.2) is 0 Å². The molecule has 110 valence electrons. The third kappa shape index (κ3) is 1.93. The van der Waals surface area contributed by atoms with Gasteiger partial charge in [-0.1, -0.05) is 35.5 Å². The lowest BCUT2D eigenvalue weighted by Crippen LogP contribution is -2.38. The minimum atomic E-state index is -0.182. The third-order valence-electron chi connectivity index (χ3n) is 4.12. The smallest absolute Gasteiger partial charge is 0.245 e. The number of fused-ring (bicyclic) bond motifs is 3. The van der Waals surface area contributed by atoms with Gasteiger partial charge in [0, 0.05) is 35.3 Å². The van der Waals surface area contributed by atoms with Crippen LogP contribution in [0.1, 0.15) is 17.0 Å². The predicted molar refractivity (Wildman–Crippen MR) is 88.8 cm³/mol. The van der Waals surface area contributed by atoms with Gasteiger partial charge in [0.05, 0.1) is 0 Å². The molecule has 22 heavy (non-hydrogen) atoms. The lowest BCUT2D eigenvalue weighted by atomic mass is 9.93. The molecule has 1 aromatic heterocycles. The summed E-state index contributed by atoms with van der Waals surface area (Å²) in [5.41, 5.74) is 9.85. The second kappa shape index (κ2) is 4.88. The molecule has 3 heterocycles. The molecule has 5 heteroatoms. The van der Waals surface area contributed by atoms with E-state index in [1.54, 1.807) is 17.2 Å². The number of aryl methyl sites for hydroxylation is 1. The SMILES string of the molecule is Cc1ccc(N2C=CC3c4c(N)ccnc4SC3C2=O)cc1. The summed E-state index contributed by atoms with van der Waals surface area (Å²) in [7, 11) is 0. The number of nitrogen functional groups attached to an aromatic ring is 1. The van der Waals surface area contributed by atoms with E-state index < -0.39 is 0 Å². The molecule has 1 aromatic carbocycles. The van der Waals surface area contributed by atoms with Crippen LogP contribution in [0.3, 0.4) is 0 Å². The second-order valence-electron chi connectivity index (χ2n) is 5.57. The highest BCUT2D eigenvalue weighted by Gasteiger charge is 2.43. The Labute approximate surface area is 133 Å². The molecule has 2 atom stereocenters. The highest BCUT2D eigenvalue weighted by Crippen LogP contribution is 2.49. The monoisotopic (exact) mass is 309 g/mol. The van der Waals surface area contributed by atoms with Crippen molar-refractivity contribution in [2.75, 3.05) is 10.6 Å². The van der Waals surface area contributed by atoms with Crippen molar-refractivity contribution in [3.8, 4) is 0 Å². The number of anilines is 2. The predicted octanol–water partition coefficient (Wildman–Crippen LogP) is 3.09. The maximum atomic E-state index is 12.9. The molecule has 2 aliphatic heterocycles. The molecule has 0 spiro atoms. The number of carbonyl (C=O) groups excluding carboxylic acids is 1. The van der Waals surface area contributed by atoms with E-state index in [-0.39, 0.29) is 17.1 Å². The van der Waals surface area contributed by atoms with E-state index >= 15 is 0 Å². The number of pyridine rings is 1. The number of nitrogens with two attached hydrogens (primary N) is 1. The van der Waals surface area contributed by atoms with Crippen molar-refractivity contribution >= 4 is 29.0 Å². The highest BCUT2D eigenvalue weighted by molar-refractivity contribution is 8.01. The van der Waals surface area contributed by atoms with E-state index in [0.29, 0.717) is 5.69 Å². The molecule has 0 aliphatic carbocycles. The Bertz CT molecular complexity index is 785. The molecule has 2 unspecified atom stereocenters. The normalized spacial score (nSPS) is 22.6. The van der Waals surface area contributed by atoms with E-state index in [1.165, 1.54) is 17.3 Å². The molecule has 0 saturated heterocycles. The Balaban J connectivity index is 1.72. The second-order valence-corrected chi connectivity index (χ2v) is 6.70. The number of allylic oxidation sites excluding steroid dienone is 1. The quantitative estimate of drug-likeness (QED) is 0.879. The molecular formula is C17H15N3OS. The zero-order chi connectivity index (χ0) is 15.3. The molecule has 2 aliphatic rings. The molecule has 0 fully saturated rings. The topological polar surface area (TPSA) is 59.2 Å². The van der Waals surface area contributed by atoms with Gasteiger partial charge in [0.1, 0.15) is 10.3 Å². The molecule has 2 aromatic rings. The van der Waals surface area contributed by atoms with E-state index in [9.17, 15) is 4.79 Å². The number of thioether (sulfide) groups is 1. The van der Waals surface area contributed by atoms with Crippen LogP contribution in [0.15, 0.2) is 53.8 Å². The molecule has 2 N–H and O–H groups in total. The van der Waals surface area contributed by atoms with Crippen molar-refractivity contribution in [3.63, 3.8) is 0 Å². The minimum Gasteiger partial charge on any atom is -0.398 e. The van der Waals surface area contributed by atoms with Gasteiger partial charge in [-0.25, -0.2) is 4.98 Å². The van der Waals surface area contributed by atoms with Gasteiger partial charge >= 0.3 is 0 Å². The van der Waals surface area contributed by atoms with Gasteiger partial charge in [0.25, 0.3) is 0 Å². The lowest BCUT2D eigenvalue weighted by molar-refractivity contribution is -0.117. The highest BCUT2D eigenvalue weighted by atomic mass is 32.2. The molecule has 1 amide bonds. The summed E-state index contributed by atoms with van der Waals surface area (Å²) in [6.45, 7) is 2.03. The minimum absolute atomic E-state index is 0.0166. The molecule has 4 rings (SSSR count). The number of carbonyl (C=O) groups is 1. The number of rotatable bonds is 1. The number of aromatic nitrogens is 1. The van der Waals surface area contributed by atoms with Crippen LogP contribution in [-0.4, -0.2) is 16.1 Å². The Hall–Kier alpha value is -2.27. The van der Waals surface area contributed by atoms with Crippen molar-refractivity contribution in [2.45, 2.75) is 23.1 Å². The van der Waals surface area contributed by atoms with Crippen molar-refractivity contribution < 1.29 is 4.79 Å². The van der Waals surface area contributed by atoms with Crippen molar-refractivity contribution in [1.29, 1.82) is 0 Å². The molecule has 4 nitrogen and oxygen atoms in total. The maximum Gasteiger partial charge on any atom is 0.245 e. The van der Waals surface area contributed by atoms with Crippen LogP contribution in [0.4, 0.5) is 11.4 Å². The van der Waals surface area contributed by atoms with Crippen molar-refractivity contribution in [1.82, 2.24) is 4.98 Å². The number of hydrogen-bond acceptors (Lipinski definition) is 4. The van der Waals surface area contributed by atoms with Crippen LogP contribution >= 0.6 is 11.8 Å². The Kier molecular flexibility index (Phi) is 2.97. The summed E-state index contributed by atoms with van der Waals surface area (Å²) < 4.78 is 0. The van der Waals surface area contributed by atoms with Gasteiger partial charge in [-0.3, -0.25) is 9.69 Å². The van der Waals surface area contributed by atoms with Crippen LogP contribution in [0.2, 0.25) is 0 Å². The first kappa shape index (κ1) is 13.4. The van der Waals surface area contributed by atoms with Crippen LogP contribution < -0.4 is 10.6 Å². The van der Waals surface area contributed by atoms with Crippen LogP contribution in [0, 0.1) is 6.92 Å². The van der Waals surface area contributed by atoms with Crippen molar-refractivity contribution in [3.05, 3.63) is 59.9 Å². The van der Waals surface area contributed by atoms with Gasteiger partial charge in [-0.05, 0) is 25.1 Å². The summed E-state index contributed by atoms with van der Waals surface area (Å²) in [6, 6.07) is 9.76. The van der Waals surface area contributed by atoms with Crippen LogP contribution in [0.5, 0.6) is 0 Å². The molecular weight excluding hydrogens is 294 g/mol. The Morgan fingerprint density at radius 2 is 2.00 bits per heavy atom. The van der Waals surface area contributed by atoms with E-state index in [1.807, 2.05) is 37.4 Å². The summed E-state index contributed by atoms with van der Waals surface area (Å²) >= 11 is 1.51. The molecule has 0 radical (unpaired) electrons. The standard InChI is InChI=1S/C17H15N3OS/c1-10-2-4-11(5-3-10)20-9-7-12-14-13(18)6-8-19-16(14)22-15(12)17(20)21/h2-9,12,15H,1H3,(H2,18,19). The average Bonchev–Trinajstić information content (AvgIpc) is 2.90. The Morgan fingerprint density at radius 1 is 1.23 bits per heavy atom. The third-order valence-corrected chi connectivity index (χ3v) is 5.42. The summed E-state index contributed by atoms with van der Waals surface area (Å²) in [6.07, 6.45) is 5.61. The number of nitrogens with zero attached hydrogens (tertiary/aromatic N) is 2. The number of benzene rings is 1. The lowest BCUT2D eigenvalue weighted by Gasteiger charge is -2.29. The summed E-state index contributed by atoms with van der Waals surface area (Å²) in [4.78, 5) is 18.9. The fourth-order valence-corrected chi connectivity index (χ4v) is 4.28. The van der Waals surface area contributed by atoms with E-state index in [4.69, 9.17) is 5.73 Å². The first-order valence-corrected chi connectivity index (χ1v) is 8.02. The molecule has 0 saturated carbocycles. The first-order chi connectivity index (χ1) is 10.6.